The zero-order valence-electron chi connectivity index (χ0n) is 8.00. The molecule has 84 valence electrons. The Morgan fingerprint density at radius 2 is 2.33 bits per heavy atom. The van der Waals surface area contributed by atoms with Crippen molar-refractivity contribution in [1.29, 1.82) is 0 Å². The fourth-order valence-corrected chi connectivity index (χ4v) is 2.66. The van der Waals surface area contributed by atoms with Gasteiger partial charge in [-0.05, 0) is 18.5 Å². The Bertz CT molecular complexity index is 424. The lowest BCUT2D eigenvalue weighted by Crippen LogP contribution is -2.38. The highest BCUT2D eigenvalue weighted by Crippen LogP contribution is 2.14. The second-order valence-electron chi connectivity index (χ2n) is 2.90. The van der Waals surface area contributed by atoms with Gasteiger partial charge in [0.15, 0.2) is 11.0 Å². The van der Waals surface area contributed by atoms with Gasteiger partial charge in [0.25, 0.3) is 10.1 Å². The summed E-state index contributed by atoms with van der Waals surface area (Å²) in [7, 11) is -2.84. The molecule has 0 aromatic carbocycles. The Morgan fingerprint density at radius 1 is 1.67 bits per heavy atom. The summed E-state index contributed by atoms with van der Waals surface area (Å²) >= 11 is 1.15. The highest BCUT2D eigenvalue weighted by molar-refractivity contribution is 7.87. The van der Waals surface area contributed by atoms with E-state index in [2.05, 4.69) is 5.32 Å². The molecule has 1 atom stereocenters. The van der Waals surface area contributed by atoms with E-state index in [9.17, 15) is 13.2 Å². The van der Waals surface area contributed by atoms with E-state index in [-0.39, 0.29) is 6.54 Å². The number of carbonyl (C=O) groups is 1. The van der Waals surface area contributed by atoms with Crippen LogP contribution in [0, 0.1) is 0 Å². The number of carbonyl (C=O) groups excluding carboxylic acids is 1. The summed E-state index contributed by atoms with van der Waals surface area (Å²) in [6, 6.07) is 3.18. The van der Waals surface area contributed by atoms with Crippen LogP contribution in [0.15, 0.2) is 17.5 Å². The van der Waals surface area contributed by atoms with Crippen LogP contribution in [-0.4, -0.2) is 37.6 Å². The zero-order chi connectivity index (χ0) is 11.5. The minimum atomic E-state index is -4.36. The van der Waals surface area contributed by atoms with Crippen molar-refractivity contribution in [3.05, 3.63) is 22.4 Å². The standard InChI is InChI=1S/C8H11NO4S2/c1-9-5-7(15(11,12)13)8(10)6-3-2-4-14-6/h2-4,7,9H,5H2,1H3,(H,11,12,13). The van der Waals surface area contributed by atoms with Crippen molar-refractivity contribution in [2.45, 2.75) is 5.25 Å². The van der Waals surface area contributed by atoms with Crippen molar-refractivity contribution in [3.8, 4) is 0 Å². The Labute approximate surface area is 91.9 Å². The van der Waals surface area contributed by atoms with Gasteiger partial charge in [-0.3, -0.25) is 9.35 Å². The van der Waals surface area contributed by atoms with Gasteiger partial charge in [-0.25, -0.2) is 0 Å². The van der Waals surface area contributed by atoms with E-state index in [1.807, 2.05) is 0 Å². The molecule has 0 radical (unpaired) electrons. The monoisotopic (exact) mass is 249 g/mol. The third kappa shape index (κ3) is 3.10. The van der Waals surface area contributed by atoms with E-state index in [1.54, 1.807) is 11.4 Å². The van der Waals surface area contributed by atoms with Gasteiger partial charge in [-0.1, -0.05) is 6.07 Å². The lowest BCUT2D eigenvalue weighted by molar-refractivity contribution is 0.0988. The summed E-state index contributed by atoms with van der Waals surface area (Å²) in [5.41, 5.74) is 0. The summed E-state index contributed by atoms with van der Waals surface area (Å²) in [5.74, 6) is -0.582. The van der Waals surface area contributed by atoms with Crippen LogP contribution in [0.3, 0.4) is 0 Å². The molecule has 0 fully saturated rings. The lowest BCUT2D eigenvalue weighted by Gasteiger charge is -2.10. The lowest BCUT2D eigenvalue weighted by atomic mass is 10.2. The van der Waals surface area contributed by atoms with Crippen molar-refractivity contribution >= 4 is 27.2 Å². The summed E-state index contributed by atoms with van der Waals surface area (Å²) in [4.78, 5) is 12.0. The average Bonchev–Trinajstić information content (AvgIpc) is 2.63. The van der Waals surface area contributed by atoms with Gasteiger partial charge in [0.2, 0.25) is 0 Å². The van der Waals surface area contributed by atoms with E-state index in [0.717, 1.165) is 11.3 Å². The van der Waals surface area contributed by atoms with Crippen LogP contribution in [0.25, 0.3) is 0 Å². The molecule has 0 saturated carbocycles. The summed E-state index contributed by atoms with van der Waals surface area (Å²) in [5, 5.41) is 2.81. The number of ketones is 1. The molecular weight excluding hydrogens is 238 g/mol. The van der Waals surface area contributed by atoms with Crippen molar-refractivity contribution in [2.75, 3.05) is 13.6 Å². The Kier molecular flexibility index (Phi) is 3.97. The number of Topliss-reactive ketones (excluding diaryl/α,β-unsaturated/α-hetero) is 1. The zero-order valence-corrected chi connectivity index (χ0v) is 9.64. The Morgan fingerprint density at radius 3 is 2.73 bits per heavy atom. The predicted molar refractivity (Wildman–Crippen MR) is 57.9 cm³/mol. The van der Waals surface area contributed by atoms with Gasteiger partial charge in [0, 0.05) is 6.54 Å². The number of nitrogens with one attached hydrogen (secondary N) is 1. The summed E-state index contributed by atoms with van der Waals surface area (Å²) < 4.78 is 30.8. The maximum absolute atomic E-state index is 11.7. The van der Waals surface area contributed by atoms with Gasteiger partial charge in [-0.15, -0.1) is 11.3 Å². The summed E-state index contributed by atoms with van der Waals surface area (Å²) in [6.07, 6.45) is 0. The molecule has 0 bridgehead atoms. The summed E-state index contributed by atoms with van der Waals surface area (Å²) in [6.45, 7) is -0.102. The minimum Gasteiger partial charge on any atom is -0.318 e. The molecule has 0 aliphatic heterocycles. The number of hydrogen-bond donors (Lipinski definition) is 2. The molecule has 5 nitrogen and oxygen atoms in total. The van der Waals surface area contributed by atoms with Gasteiger partial charge >= 0.3 is 0 Å². The van der Waals surface area contributed by atoms with Crippen LogP contribution in [0.4, 0.5) is 0 Å². The quantitative estimate of drug-likeness (QED) is 0.583. The highest BCUT2D eigenvalue weighted by Gasteiger charge is 2.31. The van der Waals surface area contributed by atoms with Gasteiger partial charge in [0.05, 0.1) is 4.88 Å². The third-order valence-corrected chi connectivity index (χ3v) is 3.79. The molecule has 1 aromatic rings. The van der Waals surface area contributed by atoms with Crippen molar-refractivity contribution in [3.63, 3.8) is 0 Å². The molecule has 0 aliphatic carbocycles. The van der Waals surface area contributed by atoms with E-state index in [0.29, 0.717) is 4.88 Å². The Hall–Kier alpha value is -0.760. The first-order valence-electron chi connectivity index (χ1n) is 4.15. The first-order chi connectivity index (χ1) is 6.96. The molecule has 0 aliphatic rings. The third-order valence-electron chi connectivity index (χ3n) is 1.81. The molecule has 1 rings (SSSR count). The smallest absolute Gasteiger partial charge is 0.276 e. The van der Waals surface area contributed by atoms with Crippen molar-refractivity contribution < 1.29 is 17.8 Å². The molecule has 0 amide bonds. The van der Waals surface area contributed by atoms with Crippen LogP contribution >= 0.6 is 11.3 Å². The molecule has 15 heavy (non-hydrogen) atoms. The van der Waals surface area contributed by atoms with Gasteiger partial charge in [-0.2, -0.15) is 8.42 Å². The topological polar surface area (TPSA) is 83.5 Å². The predicted octanol–water partition coefficient (Wildman–Crippen LogP) is 0.407. The number of rotatable bonds is 5. The van der Waals surface area contributed by atoms with Crippen LogP contribution in [0.1, 0.15) is 9.67 Å². The van der Waals surface area contributed by atoms with E-state index < -0.39 is 21.2 Å². The Balaban J connectivity index is 2.96. The first-order valence-corrected chi connectivity index (χ1v) is 6.53. The molecule has 2 N–H and O–H groups in total. The fraction of sp³-hybridized carbons (Fsp3) is 0.375. The number of thiophene rings is 1. The van der Waals surface area contributed by atoms with Gasteiger partial charge < -0.3 is 5.32 Å². The maximum atomic E-state index is 11.7. The van der Waals surface area contributed by atoms with E-state index in [4.69, 9.17) is 4.55 Å². The SMILES string of the molecule is CNCC(C(=O)c1cccs1)S(=O)(=O)O. The largest absolute Gasteiger partial charge is 0.318 e. The molecule has 1 unspecified atom stereocenters. The second-order valence-corrected chi connectivity index (χ2v) is 5.45. The minimum absolute atomic E-state index is 0.102. The first kappa shape index (κ1) is 12.3. The molecule has 1 heterocycles. The van der Waals surface area contributed by atoms with E-state index in [1.165, 1.54) is 13.1 Å². The van der Waals surface area contributed by atoms with Crippen LogP contribution < -0.4 is 5.32 Å². The van der Waals surface area contributed by atoms with Crippen LogP contribution in [-0.2, 0) is 10.1 Å². The second kappa shape index (κ2) is 4.84. The maximum Gasteiger partial charge on any atom is 0.276 e. The number of hydrogen-bond acceptors (Lipinski definition) is 5. The van der Waals surface area contributed by atoms with E-state index >= 15 is 0 Å². The molecule has 0 spiro atoms. The molecular formula is C8H11NO4S2. The molecule has 1 aromatic heterocycles. The normalized spacial score (nSPS) is 13.7. The molecule has 7 heteroatoms. The average molecular weight is 249 g/mol. The van der Waals surface area contributed by atoms with Crippen molar-refractivity contribution in [1.82, 2.24) is 5.32 Å². The van der Waals surface area contributed by atoms with Crippen molar-refractivity contribution in [2.24, 2.45) is 0 Å². The van der Waals surface area contributed by atoms with Crippen LogP contribution in [0.2, 0.25) is 0 Å². The highest BCUT2D eigenvalue weighted by atomic mass is 32.2. The fourth-order valence-electron chi connectivity index (χ4n) is 1.10. The van der Waals surface area contributed by atoms with Gasteiger partial charge in [0.1, 0.15) is 0 Å². The molecule has 0 saturated heterocycles. The van der Waals surface area contributed by atoms with Crippen LogP contribution in [0.5, 0.6) is 0 Å².